The third-order valence-electron chi connectivity index (χ3n) is 2.50. The number of halogens is 4. The summed E-state index contributed by atoms with van der Waals surface area (Å²) in [7, 11) is 0. The van der Waals surface area contributed by atoms with E-state index in [4.69, 9.17) is 5.73 Å². The highest BCUT2D eigenvalue weighted by Gasteiger charge is 2.16. The minimum atomic E-state index is -0.939. The molecule has 0 fully saturated rings. The predicted molar refractivity (Wildman–Crippen MR) is 72.8 cm³/mol. The van der Waals surface area contributed by atoms with Gasteiger partial charge in [0.1, 0.15) is 11.6 Å². The molecule has 2 rings (SSSR count). The molecule has 0 spiro atoms. The number of anilines is 2. The third kappa shape index (κ3) is 2.93. The maximum atomic E-state index is 13.6. The van der Waals surface area contributed by atoms with Crippen LogP contribution in [0.3, 0.4) is 0 Å². The van der Waals surface area contributed by atoms with Gasteiger partial charge >= 0.3 is 0 Å². The van der Waals surface area contributed by atoms with Gasteiger partial charge in [0.05, 0.1) is 11.3 Å². The van der Waals surface area contributed by atoms with Gasteiger partial charge in [-0.3, -0.25) is 4.79 Å². The van der Waals surface area contributed by atoms with Crippen molar-refractivity contribution < 1.29 is 18.0 Å². The van der Waals surface area contributed by atoms with Gasteiger partial charge in [0.15, 0.2) is 5.82 Å². The summed E-state index contributed by atoms with van der Waals surface area (Å²) in [5.74, 6) is -3.04. The van der Waals surface area contributed by atoms with Gasteiger partial charge in [-0.15, -0.1) is 0 Å². The molecule has 0 aromatic heterocycles. The van der Waals surface area contributed by atoms with E-state index >= 15 is 0 Å². The normalized spacial score (nSPS) is 10.4. The first-order valence-electron chi connectivity index (χ1n) is 5.39. The Morgan fingerprint density at radius 2 is 1.80 bits per heavy atom. The SMILES string of the molecule is Nc1cc(F)ccc1C(=O)Nc1c(F)cc(F)cc1Br. The maximum absolute atomic E-state index is 13.6. The zero-order valence-corrected chi connectivity index (χ0v) is 11.5. The second-order valence-corrected chi connectivity index (χ2v) is 4.78. The Kier molecular flexibility index (Phi) is 3.99. The summed E-state index contributed by atoms with van der Waals surface area (Å²) in [6.07, 6.45) is 0. The van der Waals surface area contributed by atoms with Gasteiger partial charge < -0.3 is 11.1 Å². The minimum absolute atomic E-state index is 0.0120. The van der Waals surface area contributed by atoms with Gasteiger partial charge in [-0.05, 0) is 40.2 Å². The second-order valence-electron chi connectivity index (χ2n) is 3.93. The Balaban J connectivity index is 2.33. The predicted octanol–water partition coefficient (Wildman–Crippen LogP) is 3.70. The number of hydrogen-bond acceptors (Lipinski definition) is 2. The van der Waals surface area contributed by atoms with Crippen LogP contribution >= 0.6 is 15.9 Å². The molecule has 104 valence electrons. The highest BCUT2D eigenvalue weighted by Crippen LogP contribution is 2.27. The minimum Gasteiger partial charge on any atom is -0.398 e. The molecule has 0 saturated carbocycles. The smallest absolute Gasteiger partial charge is 0.257 e. The fourth-order valence-electron chi connectivity index (χ4n) is 1.58. The Morgan fingerprint density at radius 1 is 1.10 bits per heavy atom. The van der Waals surface area contributed by atoms with Crippen LogP contribution in [0.4, 0.5) is 24.5 Å². The Bertz CT molecular complexity index is 668. The van der Waals surface area contributed by atoms with Crippen molar-refractivity contribution in [3.63, 3.8) is 0 Å². The molecule has 0 radical (unpaired) electrons. The van der Waals surface area contributed by atoms with Crippen molar-refractivity contribution in [3.05, 3.63) is 57.8 Å². The summed E-state index contributed by atoms with van der Waals surface area (Å²) >= 11 is 2.94. The molecule has 0 atom stereocenters. The molecule has 0 aliphatic carbocycles. The van der Waals surface area contributed by atoms with Crippen molar-refractivity contribution in [3.8, 4) is 0 Å². The van der Waals surface area contributed by atoms with Gasteiger partial charge in [-0.25, -0.2) is 13.2 Å². The van der Waals surface area contributed by atoms with Crippen LogP contribution in [0.25, 0.3) is 0 Å². The van der Waals surface area contributed by atoms with E-state index in [1.165, 1.54) is 6.07 Å². The molecular weight excluding hydrogens is 337 g/mol. The first-order chi connectivity index (χ1) is 9.38. The number of carbonyl (C=O) groups is 1. The fraction of sp³-hybridized carbons (Fsp3) is 0. The summed E-state index contributed by atoms with van der Waals surface area (Å²) in [5, 5.41) is 2.25. The molecule has 1 amide bonds. The summed E-state index contributed by atoms with van der Waals surface area (Å²) in [6.45, 7) is 0. The van der Waals surface area contributed by atoms with E-state index < -0.39 is 23.4 Å². The van der Waals surface area contributed by atoms with E-state index in [0.717, 1.165) is 18.2 Å². The number of hydrogen-bond donors (Lipinski definition) is 2. The Morgan fingerprint density at radius 3 is 2.40 bits per heavy atom. The first kappa shape index (κ1) is 14.4. The number of benzene rings is 2. The van der Waals surface area contributed by atoms with Crippen LogP contribution in [0.1, 0.15) is 10.4 Å². The quantitative estimate of drug-likeness (QED) is 0.816. The first-order valence-corrected chi connectivity index (χ1v) is 6.18. The van der Waals surface area contributed by atoms with Crippen molar-refractivity contribution in [2.24, 2.45) is 0 Å². The van der Waals surface area contributed by atoms with Crippen LogP contribution in [0, 0.1) is 17.5 Å². The lowest BCUT2D eigenvalue weighted by Gasteiger charge is -2.10. The van der Waals surface area contributed by atoms with Crippen molar-refractivity contribution in [2.75, 3.05) is 11.1 Å². The molecule has 0 aliphatic heterocycles. The fourth-order valence-corrected chi connectivity index (χ4v) is 2.09. The molecule has 2 aromatic carbocycles. The molecule has 0 bridgehead atoms. The summed E-state index contributed by atoms with van der Waals surface area (Å²) in [6, 6.07) is 4.85. The molecule has 2 aromatic rings. The number of carbonyl (C=O) groups excluding carboxylic acids is 1. The van der Waals surface area contributed by atoms with E-state index in [-0.39, 0.29) is 21.4 Å². The number of nitrogens with one attached hydrogen (secondary N) is 1. The zero-order chi connectivity index (χ0) is 14.9. The van der Waals surface area contributed by atoms with Crippen molar-refractivity contribution in [1.29, 1.82) is 0 Å². The van der Waals surface area contributed by atoms with E-state index in [0.29, 0.717) is 6.07 Å². The number of nitrogens with two attached hydrogens (primary N) is 1. The molecule has 0 aliphatic rings. The van der Waals surface area contributed by atoms with E-state index in [1.54, 1.807) is 0 Å². The van der Waals surface area contributed by atoms with Crippen LogP contribution in [0.5, 0.6) is 0 Å². The van der Waals surface area contributed by atoms with E-state index in [9.17, 15) is 18.0 Å². The average Bonchev–Trinajstić information content (AvgIpc) is 2.33. The largest absolute Gasteiger partial charge is 0.398 e. The number of rotatable bonds is 2. The van der Waals surface area contributed by atoms with E-state index in [1.807, 2.05) is 0 Å². The van der Waals surface area contributed by atoms with Gasteiger partial charge in [0.25, 0.3) is 5.91 Å². The van der Waals surface area contributed by atoms with Crippen LogP contribution in [-0.4, -0.2) is 5.91 Å². The molecule has 0 saturated heterocycles. The van der Waals surface area contributed by atoms with Crippen LogP contribution in [-0.2, 0) is 0 Å². The molecule has 3 N–H and O–H groups in total. The topological polar surface area (TPSA) is 55.1 Å². The van der Waals surface area contributed by atoms with Crippen molar-refractivity contribution in [1.82, 2.24) is 0 Å². The number of amides is 1. The molecule has 7 heteroatoms. The van der Waals surface area contributed by atoms with Crippen molar-refractivity contribution in [2.45, 2.75) is 0 Å². The van der Waals surface area contributed by atoms with Gasteiger partial charge in [0, 0.05) is 16.2 Å². The number of nitrogen functional groups attached to an aromatic ring is 1. The lowest BCUT2D eigenvalue weighted by molar-refractivity contribution is 0.102. The molecular formula is C13H8BrF3N2O. The summed E-state index contributed by atoms with van der Waals surface area (Å²) in [4.78, 5) is 11.9. The Hall–Kier alpha value is -2.02. The van der Waals surface area contributed by atoms with Crippen LogP contribution in [0.2, 0.25) is 0 Å². The van der Waals surface area contributed by atoms with Gasteiger partial charge in [-0.1, -0.05) is 0 Å². The van der Waals surface area contributed by atoms with Gasteiger partial charge in [0.2, 0.25) is 0 Å². The highest BCUT2D eigenvalue weighted by molar-refractivity contribution is 9.10. The van der Waals surface area contributed by atoms with E-state index in [2.05, 4.69) is 21.2 Å². The standard InChI is InChI=1S/C13H8BrF3N2O/c14-9-3-7(16)4-10(17)12(9)19-13(20)8-2-1-6(15)5-11(8)18/h1-5H,18H2,(H,19,20). The second kappa shape index (κ2) is 5.54. The maximum Gasteiger partial charge on any atom is 0.257 e. The highest BCUT2D eigenvalue weighted by atomic mass is 79.9. The summed E-state index contributed by atoms with van der Waals surface area (Å²) in [5.41, 5.74) is 5.19. The molecule has 20 heavy (non-hydrogen) atoms. The zero-order valence-electron chi connectivity index (χ0n) is 9.88. The van der Waals surface area contributed by atoms with Crippen LogP contribution < -0.4 is 11.1 Å². The lowest BCUT2D eigenvalue weighted by Crippen LogP contribution is -2.15. The summed E-state index contributed by atoms with van der Waals surface area (Å²) < 4.78 is 39.4. The molecule has 0 unspecified atom stereocenters. The molecule has 0 heterocycles. The van der Waals surface area contributed by atoms with Crippen molar-refractivity contribution >= 4 is 33.2 Å². The molecule has 3 nitrogen and oxygen atoms in total. The monoisotopic (exact) mass is 344 g/mol. The average molecular weight is 345 g/mol. The lowest BCUT2D eigenvalue weighted by atomic mass is 10.1. The van der Waals surface area contributed by atoms with Gasteiger partial charge in [-0.2, -0.15) is 0 Å². The third-order valence-corrected chi connectivity index (χ3v) is 3.13. The Labute approximate surface area is 120 Å². The van der Waals surface area contributed by atoms with Crippen LogP contribution in [0.15, 0.2) is 34.8 Å².